The second-order valence-corrected chi connectivity index (χ2v) is 6.16. The molecule has 1 aromatic carbocycles. The molecule has 22 heavy (non-hydrogen) atoms. The molecule has 0 radical (unpaired) electrons. The molecule has 0 aliphatic carbocycles. The highest BCUT2D eigenvalue weighted by atomic mass is 32.1. The Morgan fingerprint density at radius 2 is 2.09 bits per heavy atom. The highest BCUT2D eigenvalue weighted by Crippen LogP contribution is 2.25. The van der Waals surface area contributed by atoms with Gasteiger partial charge in [0, 0.05) is 29.1 Å². The van der Waals surface area contributed by atoms with E-state index in [2.05, 4.69) is 32.1 Å². The number of thiophene rings is 1. The van der Waals surface area contributed by atoms with Crippen molar-refractivity contribution >= 4 is 17.2 Å². The van der Waals surface area contributed by atoms with Crippen LogP contribution in [0.1, 0.15) is 20.8 Å². The lowest BCUT2D eigenvalue weighted by molar-refractivity contribution is 0.0736. The fourth-order valence-corrected chi connectivity index (χ4v) is 3.54. The van der Waals surface area contributed by atoms with Crippen LogP contribution in [0, 0.1) is 0 Å². The zero-order valence-corrected chi connectivity index (χ0v) is 12.5. The molecule has 0 unspecified atom stereocenters. The predicted molar refractivity (Wildman–Crippen MR) is 82.4 cm³/mol. The maximum atomic E-state index is 12.6. The average molecular weight is 311 g/mol. The summed E-state index contributed by atoms with van der Waals surface area (Å²) in [5.74, 6) is 0.594. The summed E-state index contributed by atoms with van der Waals surface area (Å²) in [5, 5.41) is 15.9. The van der Waals surface area contributed by atoms with Crippen LogP contribution in [0.5, 0.6) is 0 Å². The second-order valence-electron chi connectivity index (χ2n) is 5.16. The smallest absolute Gasteiger partial charge is 0.254 e. The second kappa shape index (κ2) is 5.34. The molecule has 1 aliphatic heterocycles. The van der Waals surface area contributed by atoms with E-state index >= 15 is 0 Å². The Morgan fingerprint density at radius 1 is 1.23 bits per heavy atom. The van der Waals surface area contributed by atoms with Gasteiger partial charge in [0.1, 0.15) is 0 Å². The molecular weight excluding hydrogens is 298 g/mol. The van der Waals surface area contributed by atoms with Crippen molar-refractivity contribution in [3.63, 3.8) is 0 Å². The number of H-pyrrole nitrogens is 1. The van der Waals surface area contributed by atoms with Crippen molar-refractivity contribution in [3.05, 3.63) is 51.7 Å². The number of hydrogen-bond donors (Lipinski definition) is 1. The van der Waals surface area contributed by atoms with E-state index in [0.717, 1.165) is 18.5 Å². The largest absolute Gasteiger partial charge is 0.334 e. The zero-order valence-electron chi connectivity index (χ0n) is 11.7. The lowest BCUT2D eigenvalue weighted by Gasteiger charge is -2.27. The van der Waals surface area contributed by atoms with Crippen molar-refractivity contribution < 1.29 is 4.79 Å². The van der Waals surface area contributed by atoms with Crippen LogP contribution in [-0.4, -0.2) is 38.0 Å². The number of nitrogens with zero attached hydrogens (tertiary/aromatic N) is 4. The summed E-state index contributed by atoms with van der Waals surface area (Å²) in [5.41, 5.74) is 2.79. The van der Waals surface area contributed by atoms with Crippen LogP contribution >= 0.6 is 11.3 Å². The van der Waals surface area contributed by atoms with Gasteiger partial charge in [-0.25, -0.2) is 0 Å². The molecule has 0 saturated heterocycles. The molecule has 1 amide bonds. The zero-order chi connectivity index (χ0) is 14.9. The number of rotatable bonds is 2. The van der Waals surface area contributed by atoms with Gasteiger partial charge in [0.2, 0.25) is 5.82 Å². The molecule has 4 rings (SSSR count). The van der Waals surface area contributed by atoms with Crippen LogP contribution in [-0.2, 0) is 13.0 Å². The van der Waals surface area contributed by atoms with Crippen LogP contribution in [0.2, 0.25) is 0 Å². The van der Waals surface area contributed by atoms with Gasteiger partial charge in [-0.2, -0.15) is 5.21 Å². The van der Waals surface area contributed by atoms with E-state index in [4.69, 9.17) is 0 Å². The summed E-state index contributed by atoms with van der Waals surface area (Å²) in [4.78, 5) is 15.9. The molecule has 0 fully saturated rings. The number of aromatic nitrogens is 4. The summed E-state index contributed by atoms with van der Waals surface area (Å²) in [6.45, 7) is 1.48. The summed E-state index contributed by atoms with van der Waals surface area (Å²) in [6, 6.07) is 9.43. The molecule has 0 bridgehead atoms. The fourth-order valence-electron chi connectivity index (χ4n) is 2.65. The highest BCUT2D eigenvalue weighted by molar-refractivity contribution is 7.10. The maximum Gasteiger partial charge on any atom is 0.254 e. The SMILES string of the molecule is O=C(c1ccc(-c2nn[nH]n2)cc1)N1CCc2sccc2C1. The summed E-state index contributed by atoms with van der Waals surface area (Å²) < 4.78 is 0. The third kappa shape index (κ3) is 2.29. The lowest BCUT2D eigenvalue weighted by atomic mass is 10.1. The van der Waals surface area contributed by atoms with Crippen LogP contribution in [0.15, 0.2) is 35.7 Å². The molecule has 7 heteroatoms. The van der Waals surface area contributed by atoms with Gasteiger partial charge in [0.25, 0.3) is 5.91 Å². The molecule has 1 N–H and O–H groups in total. The summed E-state index contributed by atoms with van der Waals surface area (Å²) in [6.07, 6.45) is 0.944. The van der Waals surface area contributed by atoms with E-state index in [1.165, 1.54) is 10.4 Å². The Kier molecular flexibility index (Phi) is 3.19. The van der Waals surface area contributed by atoms with Gasteiger partial charge >= 0.3 is 0 Å². The lowest BCUT2D eigenvalue weighted by Crippen LogP contribution is -2.35. The summed E-state index contributed by atoms with van der Waals surface area (Å²) >= 11 is 1.77. The Hall–Kier alpha value is -2.54. The molecule has 3 aromatic rings. The van der Waals surface area contributed by atoms with Crippen molar-refractivity contribution in [1.29, 1.82) is 0 Å². The Morgan fingerprint density at radius 3 is 2.86 bits per heavy atom. The Bertz CT molecular complexity index is 794. The van der Waals surface area contributed by atoms with Crippen LogP contribution in [0.3, 0.4) is 0 Å². The number of nitrogens with one attached hydrogen (secondary N) is 1. The molecule has 1 aliphatic rings. The first-order valence-electron chi connectivity index (χ1n) is 6.99. The highest BCUT2D eigenvalue weighted by Gasteiger charge is 2.22. The fraction of sp³-hybridized carbons (Fsp3) is 0.200. The van der Waals surface area contributed by atoms with Crippen LogP contribution in [0.4, 0.5) is 0 Å². The minimum absolute atomic E-state index is 0.0662. The van der Waals surface area contributed by atoms with Gasteiger partial charge in [0.05, 0.1) is 0 Å². The molecule has 6 nitrogen and oxygen atoms in total. The minimum Gasteiger partial charge on any atom is -0.334 e. The van der Waals surface area contributed by atoms with Crippen LogP contribution in [0.25, 0.3) is 11.4 Å². The number of carbonyl (C=O) groups is 1. The molecule has 0 atom stereocenters. The first-order valence-corrected chi connectivity index (χ1v) is 7.87. The maximum absolute atomic E-state index is 12.6. The molecular formula is C15H13N5OS. The minimum atomic E-state index is 0.0662. The first-order chi connectivity index (χ1) is 10.8. The van der Waals surface area contributed by atoms with E-state index in [1.54, 1.807) is 11.3 Å². The van der Waals surface area contributed by atoms with Crippen molar-refractivity contribution in [3.8, 4) is 11.4 Å². The number of aromatic amines is 1. The molecule has 110 valence electrons. The normalized spacial score (nSPS) is 13.9. The van der Waals surface area contributed by atoms with E-state index in [0.29, 0.717) is 17.9 Å². The molecule has 3 heterocycles. The van der Waals surface area contributed by atoms with Crippen molar-refractivity contribution in [2.45, 2.75) is 13.0 Å². The average Bonchev–Trinajstić information content (AvgIpc) is 3.25. The van der Waals surface area contributed by atoms with E-state index in [9.17, 15) is 4.79 Å². The Balaban J connectivity index is 1.54. The van der Waals surface area contributed by atoms with Gasteiger partial charge in [-0.05, 0) is 40.8 Å². The number of hydrogen-bond acceptors (Lipinski definition) is 5. The predicted octanol–water partition coefficient (Wildman–Crippen LogP) is 2.13. The molecule has 0 spiro atoms. The Labute approximate surface area is 130 Å². The van der Waals surface area contributed by atoms with E-state index in [1.807, 2.05) is 29.2 Å². The van der Waals surface area contributed by atoms with Crippen LogP contribution < -0.4 is 0 Å². The quantitative estimate of drug-likeness (QED) is 0.786. The standard InChI is InChI=1S/C15H13N5OS/c21-15(20-7-5-13-12(9-20)6-8-22-13)11-3-1-10(2-4-11)14-16-18-19-17-14/h1-4,6,8H,5,7,9H2,(H,16,17,18,19). The molecule has 0 saturated carbocycles. The third-order valence-electron chi connectivity index (χ3n) is 3.83. The first kappa shape index (κ1) is 13.1. The molecule has 2 aromatic heterocycles. The van der Waals surface area contributed by atoms with Gasteiger partial charge in [-0.1, -0.05) is 12.1 Å². The van der Waals surface area contributed by atoms with Crippen molar-refractivity contribution in [2.75, 3.05) is 6.54 Å². The topological polar surface area (TPSA) is 74.8 Å². The number of benzene rings is 1. The van der Waals surface area contributed by atoms with Gasteiger partial charge in [-0.15, -0.1) is 21.5 Å². The third-order valence-corrected chi connectivity index (χ3v) is 4.85. The van der Waals surface area contributed by atoms with Gasteiger partial charge in [-0.3, -0.25) is 4.79 Å². The number of amides is 1. The van der Waals surface area contributed by atoms with Crippen molar-refractivity contribution in [1.82, 2.24) is 25.5 Å². The monoisotopic (exact) mass is 311 g/mol. The van der Waals surface area contributed by atoms with E-state index < -0.39 is 0 Å². The number of tetrazole rings is 1. The van der Waals surface area contributed by atoms with E-state index in [-0.39, 0.29) is 5.91 Å². The number of fused-ring (bicyclic) bond motifs is 1. The number of carbonyl (C=O) groups excluding carboxylic acids is 1. The summed E-state index contributed by atoms with van der Waals surface area (Å²) in [7, 11) is 0. The van der Waals surface area contributed by atoms with Gasteiger partial charge < -0.3 is 4.90 Å². The van der Waals surface area contributed by atoms with Gasteiger partial charge in [0.15, 0.2) is 0 Å². The van der Waals surface area contributed by atoms with Crippen molar-refractivity contribution in [2.24, 2.45) is 0 Å².